The molecule has 0 amide bonds. The van der Waals surface area contributed by atoms with Crippen molar-refractivity contribution in [3.8, 4) is 21.9 Å². The van der Waals surface area contributed by atoms with Gasteiger partial charge in [0.2, 0.25) is 0 Å². The van der Waals surface area contributed by atoms with Gasteiger partial charge in [-0.2, -0.15) is 0 Å². The van der Waals surface area contributed by atoms with E-state index in [4.69, 9.17) is 26.5 Å². The number of anilines is 1. The van der Waals surface area contributed by atoms with Crippen LogP contribution in [0.5, 0.6) is 11.5 Å². The predicted octanol–water partition coefficient (Wildman–Crippen LogP) is 7.14. The molecule has 0 aliphatic heterocycles. The molecule has 220 valence electrons. The molecule has 7 nitrogen and oxygen atoms in total. The summed E-state index contributed by atoms with van der Waals surface area (Å²) >= 11 is 7.97. The molecule has 42 heavy (non-hydrogen) atoms. The van der Waals surface area contributed by atoms with Gasteiger partial charge in [-0.25, -0.2) is 8.42 Å². The second-order valence-corrected chi connectivity index (χ2v) is 13.3. The average molecular weight is 624 g/mol. The molecule has 0 fully saturated rings. The first kappa shape index (κ1) is 31.3. The molecule has 0 unspecified atom stereocenters. The molecule has 4 aromatic rings. The predicted molar refractivity (Wildman–Crippen MR) is 174 cm³/mol. The minimum absolute atomic E-state index is 0.276. The van der Waals surface area contributed by atoms with Crippen molar-refractivity contribution in [1.29, 1.82) is 5.41 Å². The highest BCUT2D eigenvalue weighted by atomic mass is 35.5. The van der Waals surface area contributed by atoms with Crippen LogP contribution >= 0.6 is 22.9 Å². The highest BCUT2D eigenvalue weighted by molar-refractivity contribution is 7.90. The zero-order valence-corrected chi connectivity index (χ0v) is 26.4. The van der Waals surface area contributed by atoms with E-state index in [9.17, 15) is 8.42 Å². The Morgan fingerprint density at radius 3 is 2.48 bits per heavy atom. The van der Waals surface area contributed by atoms with Crippen molar-refractivity contribution >= 4 is 49.9 Å². The van der Waals surface area contributed by atoms with Crippen LogP contribution in [0.15, 0.2) is 89.8 Å². The maximum absolute atomic E-state index is 12.1. The number of likely N-dealkylation sites (N-methyl/N-ethyl adjacent to an activating group) is 1. The van der Waals surface area contributed by atoms with E-state index < -0.39 is 9.84 Å². The van der Waals surface area contributed by atoms with E-state index in [1.807, 2.05) is 73.8 Å². The summed E-state index contributed by atoms with van der Waals surface area (Å²) in [7, 11) is 1.91. The van der Waals surface area contributed by atoms with E-state index in [2.05, 4.69) is 10.2 Å². The lowest BCUT2D eigenvalue weighted by Gasteiger charge is -2.18. The number of halogens is 1. The van der Waals surface area contributed by atoms with Gasteiger partial charge >= 0.3 is 0 Å². The number of methoxy groups -OCH3 is 2. The summed E-state index contributed by atoms with van der Waals surface area (Å²) in [4.78, 5) is 4.19. The van der Waals surface area contributed by atoms with Crippen LogP contribution in [0.2, 0.25) is 5.02 Å². The highest BCUT2D eigenvalue weighted by Gasteiger charge is 2.14. The van der Waals surface area contributed by atoms with Crippen molar-refractivity contribution in [2.75, 3.05) is 45.9 Å². The quantitative estimate of drug-likeness (QED) is 0.154. The van der Waals surface area contributed by atoms with E-state index >= 15 is 0 Å². The van der Waals surface area contributed by atoms with E-state index in [0.717, 1.165) is 45.2 Å². The highest BCUT2D eigenvalue weighted by Crippen LogP contribution is 2.35. The van der Waals surface area contributed by atoms with Gasteiger partial charge in [-0.1, -0.05) is 41.9 Å². The van der Waals surface area contributed by atoms with Gasteiger partial charge in [0, 0.05) is 29.9 Å². The molecular formula is C32H34ClN3O4S2. The van der Waals surface area contributed by atoms with Crippen LogP contribution in [0.25, 0.3) is 16.1 Å². The van der Waals surface area contributed by atoms with Gasteiger partial charge in [0.15, 0.2) is 21.3 Å². The number of para-hydroxylation sites is 1. The lowest BCUT2D eigenvalue weighted by molar-refractivity contribution is 0.353. The van der Waals surface area contributed by atoms with Gasteiger partial charge in [0.1, 0.15) is 0 Å². The van der Waals surface area contributed by atoms with Crippen molar-refractivity contribution in [3.05, 3.63) is 100 Å². The van der Waals surface area contributed by atoms with Crippen molar-refractivity contribution in [3.63, 3.8) is 0 Å². The van der Waals surface area contributed by atoms with Gasteiger partial charge < -0.3 is 25.1 Å². The third-order valence-electron chi connectivity index (χ3n) is 6.55. The molecule has 0 spiro atoms. The Kier molecular flexibility index (Phi) is 10.5. The molecule has 0 atom stereocenters. The minimum atomic E-state index is -3.32. The van der Waals surface area contributed by atoms with Crippen molar-refractivity contribution < 1.29 is 17.9 Å². The molecule has 1 heterocycles. The molecule has 0 saturated heterocycles. The number of ether oxygens (including phenoxy) is 2. The Labute approximate surface area is 256 Å². The molecule has 0 bridgehead atoms. The van der Waals surface area contributed by atoms with Crippen LogP contribution in [0.4, 0.5) is 5.69 Å². The molecule has 10 heteroatoms. The number of nitrogens with zero attached hydrogens (tertiary/aromatic N) is 1. The van der Waals surface area contributed by atoms with Gasteiger partial charge in [-0.3, -0.25) is 0 Å². The van der Waals surface area contributed by atoms with Crippen LogP contribution in [0.3, 0.4) is 0 Å². The topological polar surface area (TPSA) is 91.7 Å². The van der Waals surface area contributed by atoms with Crippen molar-refractivity contribution in [1.82, 2.24) is 4.90 Å². The summed E-state index contributed by atoms with van der Waals surface area (Å²) in [5.74, 6) is 1.39. The Balaban J connectivity index is 1.53. The van der Waals surface area contributed by atoms with Crippen molar-refractivity contribution in [2.24, 2.45) is 0 Å². The second kappa shape index (κ2) is 14.0. The summed E-state index contributed by atoms with van der Waals surface area (Å²) in [5, 5.41) is 12.8. The summed E-state index contributed by atoms with van der Waals surface area (Å²) in [6.07, 6.45) is 3.81. The Bertz CT molecular complexity index is 1700. The number of nitrogens with one attached hydrogen (secondary N) is 2. The first-order valence-electron chi connectivity index (χ1n) is 13.2. The summed E-state index contributed by atoms with van der Waals surface area (Å²) in [5.41, 5.74) is 3.82. The van der Waals surface area contributed by atoms with E-state index in [0.29, 0.717) is 28.8 Å². The standard InChI is InChI=1S/C32H34ClN3O4S2/c1-36(17-16-22-12-13-29(39-2)30(18-22)40-3)21-24(34)20-28(35-27-11-6-5-10-26(27)33)32-15-14-31(41-32)23-8-7-9-25(19-23)42(4,37)38/h5-15,18-20,34-35H,16-17,21H2,1-4H3/b28-20-,34-24?. The van der Waals surface area contributed by atoms with Crippen LogP contribution < -0.4 is 14.8 Å². The average Bonchev–Trinajstić information content (AvgIpc) is 3.47. The van der Waals surface area contributed by atoms with Crippen LogP contribution in [-0.2, 0) is 16.3 Å². The van der Waals surface area contributed by atoms with Gasteiger partial charge in [-0.15, -0.1) is 11.3 Å². The lowest BCUT2D eigenvalue weighted by atomic mass is 10.1. The molecule has 0 radical (unpaired) electrons. The first-order valence-corrected chi connectivity index (χ1v) is 16.3. The number of hydrogen-bond donors (Lipinski definition) is 2. The summed E-state index contributed by atoms with van der Waals surface area (Å²) < 4.78 is 34.9. The molecule has 4 rings (SSSR count). The molecule has 2 N–H and O–H groups in total. The fourth-order valence-electron chi connectivity index (χ4n) is 4.34. The monoisotopic (exact) mass is 623 g/mol. The molecule has 0 saturated carbocycles. The van der Waals surface area contributed by atoms with Crippen molar-refractivity contribution in [2.45, 2.75) is 11.3 Å². The minimum Gasteiger partial charge on any atom is -0.493 e. The van der Waals surface area contributed by atoms with Gasteiger partial charge in [0.05, 0.1) is 40.4 Å². The maximum atomic E-state index is 12.1. The van der Waals surface area contributed by atoms with Crippen LogP contribution in [-0.4, -0.2) is 59.6 Å². The van der Waals surface area contributed by atoms with E-state index in [1.165, 1.54) is 17.6 Å². The zero-order valence-electron chi connectivity index (χ0n) is 24.0. The maximum Gasteiger partial charge on any atom is 0.175 e. The smallest absolute Gasteiger partial charge is 0.175 e. The zero-order chi connectivity index (χ0) is 30.3. The third-order valence-corrected chi connectivity index (χ3v) is 9.16. The lowest BCUT2D eigenvalue weighted by Crippen LogP contribution is -2.27. The molecular weight excluding hydrogens is 590 g/mol. The summed E-state index contributed by atoms with van der Waals surface area (Å²) in [6, 6.07) is 24.2. The number of hydrogen-bond acceptors (Lipinski definition) is 8. The molecule has 1 aromatic heterocycles. The Morgan fingerprint density at radius 1 is 1.00 bits per heavy atom. The van der Waals surface area contributed by atoms with E-state index in [1.54, 1.807) is 32.4 Å². The number of rotatable bonds is 13. The largest absolute Gasteiger partial charge is 0.493 e. The van der Waals surface area contributed by atoms with Gasteiger partial charge in [0.25, 0.3) is 0 Å². The van der Waals surface area contributed by atoms with Crippen LogP contribution in [0.1, 0.15) is 10.4 Å². The number of sulfone groups is 1. The van der Waals surface area contributed by atoms with E-state index in [-0.39, 0.29) is 4.90 Å². The second-order valence-electron chi connectivity index (χ2n) is 9.83. The first-order chi connectivity index (χ1) is 20.1. The fourth-order valence-corrected chi connectivity index (χ4v) is 6.16. The normalized spacial score (nSPS) is 11.9. The Hall–Kier alpha value is -3.63. The van der Waals surface area contributed by atoms with Gasteiger partial charge in [-0.05, 0) is 79.2 Å². The molecule has 0 aliphatic carbocycles. The third kappa shape index (κ3) is 8.23. The summed E-state index contributed by atoms with van der Waals surface area (Å²) in [6.45, 7) is 1.19. The number of thiophene rings is 1. The molecule has 3 aromatic carbocycles. The molecule has 0 aliphatic rings. The number of benzene rings is 3. The SMILES string of the molecule is COc1ccc(CCN(C)CC(=N)/C=C(\Nc2ccccc2Cl)c2ccc(-c3cccc(S(C)(=O)=O)c3)s2)cc1OC. The van der Waals surface area contributed by atoms with Crippen LogP contribution in [0, 0.1) is 5.41 Å². The Morgan fingerprint density at radius 2 is 1.76 bits per heavy atom. The fraction of sp³-hybridized carbons (Fsp3) is 0.219.